The van der Waals surface area contributed by atoms with Crippen LogP contribution >= 0.6 is 22.9 Å². The standard InChI is InChI=1S/C29H28ClF2N3O2S/c1-33-19-9-11-20(12-10-19)35(29(36)27-26(30)25-22(31)6-3-7-24(25)38-27)16-18-15-17(8-13-23(18)37-2)21-5-4-14-34-28(21)32/h3-8,13-15,19-20,33H,9-12,16H2,1-2H3. The lowest BCUT2D eigenvalue weighted by molar-refractivity contribution is 0.0604. The fraction of sp³-hybridized carbons (Fsp3) is 0.310. The molecule has 2 aromatic heterocycles. The summed E-state index contributed by atoms with van der Waals surface area (Å²) in [4.78, 5) is 20.0. The fourth-order valence-electron chi connectivity index (χ4n) is 5.24. The average molecular weight is 556 g/mol. The van der Waals surface area contributed by atoms with E-state index in [2.05, 4.69) is 10.3 Å². The molecule has 0 spiro atoms. The van der Waals surface area contributed by atoms with E-state index in [1.165, 1.54) is 23.6 Å². The van der Waals surface area contributed by atoms with Crippen molar-refractivity contribution in [2.75, 3.05) is 14.2 Å². The molecule has 1 saturated carbocycles. The minimum Gasteiger partial charge on any atom is -0.496 e. The highest BCUT2D eigenvalue weighted by Crippen LogP contribution is 2.39. The molecule has 0 atom stereocenters. The lowest BCUT2D eigenvalue weighted by Gasteiger charge is -2.37. The van der Waals surface area contributed by atoms with Crippen LogP contribution in [0.1, 0.15) is 40.9 Å². The topological polar surface area (TPSA) is 54.5 Å². The summed E-state index contributed by atoms with van der Waals surface area (Å²) >= 11 is 7.81. The first kappa shape index (κ1) is 26.5. The number of carbonyl (C=O) groups excluding carboxylic acids is 1. The van der Waals surface area contributed by atoms with Gasteiger partial charge in [-0.2, -0.15) is 4.39 Å². The van der Waals surface area contributed by atoms with Gasteiger partial charge in [-0.1, -0.05) is 23.7 Å². The second-order valence-corrected chi connectivity index (χ2v) is 10.9. The first-order valence-corrected chi connectivity index (χ1v) is 13.7. The minimum absolute atomic E-state index is 0.0401. The Labute approximate surface area is 229 Å². The van der Waals surface area contributed by atoms with Crippen molar-refractivity contribution in [3.05, 3.63) is 82.0 Å². The second-order valence-electron chi connectivity index (χ2n) is 9.45. The van der Waals surface area contributed by atoms with Gasteiger partial charge in [-0.05, 0) is 74.7 Å². The number of nitrogens with zero attached hydrogens (tertiary/aromatic N) is 2. The lowest BCUT2D eigenvalue weighted by Crippen LogP contribution is -2.44. The number of halogens is 3. The van der Waals surface area contributed by atoms with Gasteiger partial charge in [0.25, 0.3) is 5.91 Å². The highest BCUT2D eigenvalue weighted by atomic mass is 35.5. The number of benzene rings is 2. The van der Waals surface area contributed by atoms with Gasteiger partial charge in [0.05, 0.1) is 12.1 Å². The van der Waals surface area contributed by atoms with Crippen LogP contribution in [0, 0.1) is 11.8 Å². The van der Waals surface area contributed by atoms with Crippen molar-refractivity contribution >= 4 is 38.9 Å². The van der Waals surface area contributed by atoms with Gasteiger partial charge in [-0.15, -0.1) is 11.3 Å². The van der Waals surface area contributed by atoms with Crippen molar-refractivity contribution in [1.82, 2.24) is 15.2 Å². The zero-order chi connectivity index (χ0) is 26.8. The largest absolute Gasteiger partial charge is 0.496 e. The molecule has 4 aromatic rings. The van der Waals surface area contributed by atoms with E-state index in [-0.39, 0.29) is 28.9 Å². The maximum Gasteiger partial charge on any atom is 0.266 e. The fourth-order valence-corrected chi connectivity index (χ4v) is 6.75. The van der Waals surface area contributed by atoms with Gasteiger partial charge in [0.2, 0.25) is 5.95 Å². The Balaban J connectivity index is 1.55. The maximum absolute atomic E-state index is 14.6. The molecule has 0 saturated heterocycles. The number of hydrogen-bond donors (Lipinski definition) is 1. The highest BCUT2D eigenvalue weighted by molar-refractivity contribution is 7.21. The van der Waals surface area contributed by atoms with Gasteiger partial charge in [-0.25, -0.2) is 9.37 Å². The highest BCUT2D eigenvalue weighted by Gasteiger charge is 2.32. The molecule has 1 amide bonds. The number of aromatic nitrogens is 1. The molecule has 1 N–H and O–H groups in total. The summed E-state index contributed by atoms with van der Waals surface area (Å²) in [5, 5.41) is 3.74. The molecule has 2 heterocycles. The molecule has 2 aromatic carbocycles. The van der Waals surface area contributed by atoms with Gasteiger partial charge in [0, 0.05) is 46.0 Å². The number of nitrogens with one attached hydrogen (secondary N) is 1. The molecule has 0 aliphatic heterocycles. The summed E-state index contributed by atoms with van der Waals surface area (Å²) in [6.07, 6.45) is 4.89. The van der Waals surface area contributed by atoms with Crippen LogP contribution in [0.2, 0.25) is 5.02 Å². The molecule has 5 rings (SSSR count). The third-order valence-corrected chi connectivity index (χ3v) is 8.93. The number of hydrogen-bond acceptors (Lipinski definition) is 5. The van der Waals surface area contributed by atoms with E-state index >= 15 is 0 Å². The van der Waals surface area contributed by atoms with E-state index in [9.17, 15) is 13.6 Å². The third-order valence-electron chi connectivity index (χ3n) is 7.30. The number of amides is 1. The van der Waals surface area contributed by atoms with E-state index in [0.29, 0.717) is 32.5 Å². The summed E-state index contributed by atoms with van der Waals surface area (Å²) < 4.78 is 35.3. The Bertz CT molecular complexity index is 1470. The van der Waals surface area contributed by atoms with Crippen molar-refractivity contribution < 1.29 is 18.3 Å². The van der Waals surface area contributed by atoms with Crippen LogP contribution in [-0.2, 0) is 6.54 Å². The van der Waals surface area contributed by atoms with Crippen LogP contribution in [0.4, 0.5) is 8.78 Å². The maximum atomic E-state index is 14.6. The second kappa shape index (κ2) is 11.4. The Kier molecular flexibility index (Phi) is 7.93. The molecule has 0 unspecified atom stereocenters. The molecule has 5 nitrogen and oxygen atoms in total. The molecular formula is C29H28ClF2N3O2S. The molecule has 198 valence electrons. The Hall–Kier alpha value is -3.07. The van der Waals surface area contributed by atoms with Crippen LogP contribution in [0.3, 0.4) is 0 Å². The monoisotopic (exact) mass is 555 g/mol. The summed E-state index contributed by atoms with van der Waals surface area (Å²) in [5.41, 5.74) is 1.74. The number of carbonyl (C=O) groups is 1. The summed E-state index contributed by atoms with van der Waals surface area (Å²) in [5.74, 6) is -0.672. The summed E-state index contributed by atoms with van der Waals surface area (Å²) in [6, 6.07) is 13.8. The molecule has 0 radical (unpaired) electrons. The quantitative estimate of drug-likeness (QED) is 0.248. The zero-order valence-corrected chi connectivity index (χ0v) is 22.7. The molecular weight excluding hydrogens is 528 g/mol. The molecule has 1 fully saturated rings. The minimum atomic E-state index is -0.568. The van der Waals surface area contributed by atoms with Crippen molar-refractivity contribution in [3.8, 4) is 16.9 Å². The number of pyridine rings is 1. The van der Waals surface area contributed by atoms with Gasteiger partial charge in [-0.3, -0.25) is 4.79 Å². The number of methoxy groups -OCH3 is 1. The lowest BCUT2D eigenvalue weighted by atomic mass is 9.89. The number of fused-ring (bicyclic) bond motifs is 1. The van der Waals surface area contributed by atoms with E-state index in [1.807, 2.05) is 18.0 Å². The Morgan fingerprint density at radius 1 is 1.16 bits per heavy atom. The summed E-state index contributed by atoms with van der Waals surface area (Å²) in [6.45, 7) is 0.236. The van der Waals surface area contributed by atoms with Gasteiger partial charge in [0.1, 0.15) is 16.4 Å². The molecule has 9 heteroatoms. The van der Waals surface area contributed by atoms with E-state index < -0.39 is 11.8 Å². The smallest absolute Gasteiger partial charge is 0.266 e. The number of thiophene rings is 1. The SMILES string of the molecule is CNC1CCC(N(Cc2cc(-c3cccnc3F)ccc2OC)C(=O)c2sc3cccc(F)c3c2Cl)CC1. The first-order chi connectivity index (χ1) is 18.4. The predicted octanol–water partition coefficient (Wildman–Crippen LogP) is 7.08. The van der Waals surface area contributed by atoms with E-state index in [1.54, 1.807) is 43.5 Å². The summed E-state index contributed by atoms with van der Waals surface area (Å²) in [7, 11) is 3.52. The van der Waals surface area contributed by atoms with Gasteiger partial charge in [0.15, 0.2) is 0 Å². The molecule has 38 heavy (non-hydrogen) atoms. The van der Waals surface area contributed by atoms with Crippen molar-refractivity contribution in [2.24, 2.45) is 0 Å². The van der Waals surface area contributed by atoms with E-state index in [0.717, 1.165) is 31.2 Å². The van der Waals surface area contributed by atoms with Crippen LogP contribution in [0.15, 0.2) is 54.7 Å². The zero-order valence-electron chi connectivity index (χ0n) is 21.1. The van der Waals surface area contributed by atoms with Crippen LogP contribution < -0.4 is 10.1 Å². The first-order valence-electron chi connectivity index (χ1n) is 12.5. The number of ether oxygens (including phenoxy) is 1. The van der Waals surface area contributed by atoms with Crippen LogP contribution in [0.25, 0.3) is 21.2 Å². The van der Waals surface area contributed by atoms with Gasteiger partial charge >= 0.3 is 0 Å². The molecule has 1 aliphatic rings. The Morgan fingerprint density at radius 2 is 1.95 bits per heavy atom. The molecule has 0 bridgehead atoms. The normalized spacial score (nSPS) is 17.5. The van der Waals surface area contributed by atoms with Crippen molar-refractivity contribution in [2.45, 2.75) is 44.3 Å². The third kappa shape index (κ3) is 5.13. The van der Waals surface area contributed by atoms with Crippen LogP contribution in [-0.4, -0.2) is 42.0 Å². The van der Waals surface area contributed by atoms with Crippen molar-refractivity contribution in [3.63, 3.8) is 0 Å². The van der Waals surface area contributed by atoms with Crippen LogP contribution in [0.5, 0.6) is 5.75 Å². The Morgan fingerprint density at radius 3 is 2.63 bits per heavy atom. The average Bonchev–Trinajstić information content (AvgIpc) is 3.29. The van der Waals surface area contributed by atoms with Crippen molar-refractivity contribution in [1.29, 1.82) is 0 Å². The number of rotatable bonds is 7. The predicted molar refractivity (Wildman–Crippen MR) is 148 cm³/mol. The van der Waals surface area contributed by atoms with E-state index in [4.69, 9.17) is 16.3 Å². The van der Waals surface area contributed by atoms with Gasteiger partial charge < -0.3 is 15.0 Å². The molecule has 1 aliphatic carbocycles.